The molecule has 0 saturated heterocycles. The fourth-order valence-electron chi connectivity index (χ4n) is 3.41. The van der Waals surface area contributed by atoms with Crippen molar-refractivity contribution in [1.29, 1.82) is 0 Å². The van der Waals surface area contributed by atoms with E-state index in [4.69, 9.17) is 26.6 Å². The van der Waals surface area contributed by atoms with Crippen LogP contribution in [-0.4, -0.2) is 110 Å². The highest BCUT2D eigenvalue weighted by Crippen LogP contribution is 2.16. The summed E-state index contributed by atoms with van der Waals surface area (Å²) in [6.07, 6.45) is 5.73. The van der Waals surface area contributed by atoms with Crippen molar-refractivity contribution in [3.63, 3.8) is 0 Å². The van der Waals surface area contributed by atoms with Gasteiger partial charge in [-0.2, -0.15) is 0 Å². The number of unbranched alkanes of at least 4 members (excludes halogenated alkanes) is 2. The molecule has 0 spiro atoms. The van der Waals surface area contributed by atoms with Gasteiger partial charge in [0.05, 0.1) is 0 Å². The molecule has 176 valence electrons. The Kier molecular flexibility index (Phi) is 16.8. The van der Waals surface area contributed by atoms with E-state index in [0.717, 1.165) is 51.1 Å². The van der Waals surface area contributed by atoms with Gasteiger partial charge in [0.2, 0.25) is 0 Å². The molecular formula is C19H46N2O6Si2. The third-order valence-corrected chi connectivity index (χ3v) is 11.2. The summed E-state index contributed by atoms with van der Waals surface area (Å²) < 4.78 is 32.8. The number of rotatable bonds is 20. The second-order valence-electron chi connectivity index (χ2n) is 7.47. The van der Waals surface area contributed by atoms with Crippen LogP contribution < -0.4 is 0 Å². The predicted octanol–water partition coefficient (Wildman–Crippen LogP) is 2.56. The second-order valence-corrected chi connectivity index (χ2v) is 13.6. The Morgan fingerprint density at radius 2 is 0.724 bits per heavy atom. The second kappa shape index (κ2) is 16.8. The lowest BCUT2D eigenvalue weighted by molar-refractivity contribution is 0.121. The highest BCUT2D eigenvalue weighted by atomic mass is 28.4. The molecule has 29 heavy (non-hydrogen) atoms. The minimum atomic E-state index is -2.42. The summed E-state index contributed by atoms with van der Waals surface area (Å²) in [5.41, 5.74) is 0. The Morgan fingerprint density at radius 1 is 0.448 bits per heavy atom. The SMILES string of the molecule is CO[Si](CCCN(C)CCCCCN(C)CCC[Si](OC)(OC)OC)(OC)OC. The zero-order valence-corrected chi connectivity index (χ0v) is 22.1. The van der Waals surface area contributed by atoms with E-state index in [2.05, 4.69) is 23.9 Å². The molecule has 0 aromatic rings. The first kappa shape index (κ1) is 29.1. The van der Waals surface area contributed by atoms with E-state index < -0.39 is 17.6 Å². The Morgan fingerprint density at radius 3 is 1.00 bits per heavy atom. The molecule has 10 heteroatoms. The first-order valence-electron chi connectivity index (χ1n) is 10.5. The predicted molar refractivity (Wildman–Crippen MR) is 121 cm³/mol. The molecular weight excluding hydrogens is 408 g/mol. The van der Waals surface area contributed by atoms with Crippen LogP contribution in [0, 0.1) is 0 Å². The molecule has 0 aromatic heterocycles. The smallest absolute Gasteiger partial charge is 0.377 e. The van der Waals surface area contributed by atoms with Crippen LogP contribution in [0.15, 0.2) is 0 Å². The molecule has 0 aliphatic rings. The quantitative estimate of drug-likeness (QED) is 0.205. The van der Waals surface area contributed by atoms with E-state index in [1.54, 1.807) is 42.7 Å². The average Bonchev–Trinajstić information content (AvgIpc) is 2.75. The molecule has 0 aliphatic carbocycles. The largest absolute Gasteiger partial charge is 0.500 e. The maximum absolute atomic E-state index is 5.47. The van der Waals surface area contributed by atoms with Crippen LogP contribution in [0.1, 0.15) is 32.1 Å². The molecule has 8 nitrogen and oxygen atoms in total. The summed E-state index contributed by atoms with van der Waals surface area (Å²) in [6.45, 7) is 4.31. The van der Waals surface area contributed by atoms with Gasteiger partial charge in [-0.15, -0.1) is 0 Å². The summed E-state index contributed by atoms with van der Waals surface area (Å²) in [6, 6.07) is 1.70. The Hall–Kier alpha value is 0.114. The molecule has 0 bridgehead atoms. The number of hydrogen-bond donors (Lipinski definition) is 0. The third kappa shape index (κ3) is 11.9. The van der Waals surface area contributed by atoms with Gasteiger partial charge in [0, 0.05) is 54.7 Å². The van der Waals surface area contributed by atoms with Gasteiger partial charge in [0.1, 0.15) is 0 Å². The fraction of sp³-hybridized carbons (Fsp3) is 1.00. The Balaban J connectivity index is 3.79. The highest BCUT2D eigenvalue weighted by molar-refractivity contribution is 6.60. The lowest BCUT2D eigenvalue weighted by atomic mass is 10.2. The molecule has 0 saturated carbocycles. The molecule has 0 aliphatic heterocycles. The van der Waals surface area contributed by atoms with E-state index >= 15 is 0 Å². The van der Waals surface area contributed by atoms with Crippen LogP contribution >= 0.6 is 0 Å². The van der Waals surface area contributed by atoms with E-state index in [1.807, 2.05) is 0 Å². The van der Waals surface area contributed by atoms with Crippen LogP contribution in [0.4, 0.5) is 0 Å². The topological polar surface area (TPSA) is 61.9 Å². The molecule has 0 heterocycles. The standard InChI is InChI=1S/C19H46N2O6Si2/c1-20(16-12-18-28(22-3,23-4)24-5)14-10-9-11-15-21(2)17-13-19-29(25-6,26-7)27-8/h9-19H2,1-8H3. The van der Waals surface area contributed by atoms with Crippen LogP contribution in [-0.2, 0) is 26.6 Å². The maximum Gasteiger partial charge on any atom is 0.500 e. The van der Waals surface area contributed by atoms with Gasteiger partial charge in [0.15, 0.2) is 0 Å². The molecule has 0 unspecified atom stereocenters. The minimum Gasteiger partial charge on any atom is -0.377 e. The van der Waals surface area contributed by atoms with Crippen molar-refractivity contribution in [2.45, 2.75) is 44.2 Å². The van der Waals surface area contributed by atoms with Gasteiger partial charge >= 0.3 is 17.6 Å². The van der Waals surface area contributed by atoms with E-state index in [9.17, 15) is 0 Å². The minimum absolute atomic E-state index is 0.852. The third-order valence-electron chi connectivity index (χ3n) is 5.49. The van der Waals surface area contributed by atoms with Gasteiger partial charge in [0.25, 0.3) is 0 Å². The Labute approximate surface area is 181 Å². The molecule has 0 fully saturated rings. The van der Waals surface area contributed by atoms with Crippen molar-refractivity contribution in [3.8, 4) is 0 Å². The molecule has 0 N–H and O–H groups in total. The number of nitrogens with zero attached hydrogens (tertiary/aromatic N) is 2. The van der Waals surface area contributed by atoms with Crippen LogP contribution in [0.3, 0.4) is 0 Å². The number of hydrogen-bond acceptors (Lipinski definition) is 8. The highest BCUT2D eigenvalue weighted by Gasteiger charge is 2.37. The summed E-state index contributed by atoms with van der Waals surface area (Å²) >= 11 is 0. The van der Waals surface area contributed by atoms with Crippen molar-refractivity contribution in [2.24, 2.45) is 0 Å². The van der Waals surface area contributed by atoms with Gasteiger partial charge < -0.3 is 36.4 Å². The lowest BCUT2D eigenvalue weighted by Gasteiger charge is -2.25. The van der Waals surface area contributed by atoms with Crippen LogP contribution in [0.25, 0.3) is 0 Å². The van der Waals surface area contributed by atoms with Crippen molar-refractivity contribution < 1.29 is 26.6 Å². The normalized spacial score (nSPS) is 13.0. The Bertz CT molecular complexity index is 337. The van der Waals surface area contributed by atoms with E-state index in [0.29, 0.717) is 0 Å². The van der Waals surface area contributed by atoms with Crippen LogP contribution in [0.2, 0.25) is 12.1 Å². The van der Waals surface area contributed by atoms with Crippen molar-refractivity contribution in [2.75, 3.05) is 82.9 Å². The molecule has 0 amide bonds. The molecule has 0 radical (unpaired) electrons. The van der Waals surface area contributed by atoms with Gasteiger partial charge in [-0.1, -0.05) is 6.42 Å². The van der Waals surface area contributed by atoms with E-state index in [1.165, 1.54) is 19.3 Å². The average molecular weight is 455 g/mol. The van der Waals surface area contributed by atoms with Gasteiger partial charge in [-0.3, -0.25) is 0 Å². The molecule has 0 aromatic carbocycles. The molecule has 0 atom stereocenters. The molecule has 0 rings (SSSR count). The zero-order valence-electron chi connectivity index (χ0n) is 20.1. The van der Waals surface area contributed by atoms with Crippen molar-refractivity contribution in [1.82, 2.24) is 9.80 Å². The fourth-order valence-corrected chi connectivity index (χ4v) is 6.81. The van der Waals surface area contributed by atoms with Crippen molar-refractivity contribution >= 4 is 17.6 Å². The summed E-state index contributed by atoms with van der Waals surface area (Å²) in [5, 5.41) is 0. The van der Waals surface area contributed by atoms with Gasteiger partial charge in [-0.25, -0.2) is 0 Å². The monoisotopic (exact) mass is 454 g/mol. The van der Waals surface area contributed by atoms with Gasteiger partial charge in [-0.05, 0) is 66.0 Å². The first-order valence-corrected chi connectivity index (χ1v) is 14.4. The van der Waals surface area contributed by atoms with Crippen LogP contribution in [0.5, 0.6) is 0 Å². The summed E-state index contributed by atoms with van der Waals surface area (Å²) in [4.78, 5) is 4.77. The lowest BCUT2D eigenvalue weighted by Crippen LogP contribution is -2.43. The van der Waals surface area contributed by atoms with E-state index in [-0.39, 0.29) is 0 Å². The maximum atomic E-state index is 5.47. The summed E-state index contributed by atoms with van der Waals surface area (Å²) in [7, 11) is 9.54. The summed E-state index contributed by atoms with van der Waals surface area (Å²) in [5.74, 6) is 0. The van der Waals surface area contributed by atoms with Crippen molar-refractivity contribution in [3.05, 3.63) is 0 Å². The zero-order chi connectivity index (χ0) is 22.2. The first-order chi connectivity index (χ1) is 13.9.